The number of hydrogen-bond acceptors (Lipinski definition) is 4. The van der Waals surface area contributed by atoms with Gasteiger partial charge in [0.05, 0.1) is 6.61 Å². The van der Waals surface area contributed by atoms with Gasteiger partial charge in [-0.25, -0.2) is 4.98 Å². The van der Waals surface area contributed by atoms with E-state index in [4.69, 9.17) is 4.74 Å². The molecule has 1 amide bonds. The summed E-state index contributed by atoms with van der Waals surface area (Å²) in [6.45, 7) is 1.01. The SMILES string of the molecule is O=C(NCC1(O)CCOC1)c1ccnc(Br)c1. The molecule has 17 heavy (non-hydrogen) atoms. The monoisotopic (exact) mass is 300 g/mol. The van der Waals surface area contributed by atoms with Crippen LogP contribution < -0.4 is 5.32 Å². The van der Waals surface area contributed by atoms with Crippen LogP contribution in [-0.4, -0.2) is 41.4 Å². The summed E-state index contributed by atoms with van der Waals surface area (Å²) in [5.41, 5.74) is -0.422. The van der Waals surface area contributed by atoms with Crippen LogP contribution >= 0.6 is 15.9 Å². The smallest absolute Gasteiger partial charge is 0.251 e. The van der Waals surface area contributed by atoms with E-state index in [1.165, 1.54) is 0 Å². The molecule has 1 saturated heterocycles. The summed E-state index contributed by atoms with van der Waals surface area (Å²) in [7, 11) is 0. The van der Waals surface area contributed by atoms with Crippen LogP contribution in [0.25, 0.3) is 0 Å². The molecule has 1 aromatic heterocycles. The molecule has 0 radical (unpaired) electrons. The lowest BCUT2D eigenvalue weighted by atomic mass is 10.0. The molecule has 2 heterocycles. The molecule has 0 aliphatic carbocycles. The molecule has 0 spiro atoms. The van der Waals surface area contributed by atoms with Gasteiger partial charge in [-0.2, -0.15) is 0 Å². The highest BCUT2D eigenvalue weighted by molar-refractivity contribution is 9.10. The quantitative estimate of drug-likeness (QED) is 0.807. The van der Waals surface area contributed by atoms with Crippen molar-refractivity contribution in [2.45, 2.75) is 12.0 Å². The summed E-state index contributed by atoms with van der Waals surface area (Å²) in [6.07, 6.45) is 2.10. The molecule has 1 atom stereocenters. The normalized spacial score (nSPS) is 23.6. The Hall–Kier alpha value is -0.980. The Morgan fingerprint density at radius 3 is 3.18 bits per heavy atom. The summed E-state index contributed by atoms with van der Waals surface area (Å²) in [5, 5.41) is 12.7. The van der Waals surface area contributed by atoms with Crippen LogP contribution in [0.4, 0.5) is 0 Å². The second kappa shape index (κ2) is 5.12. The molecule has 2 rings (SSSR count). The zero-order valence-electron chi connectivity index (χ0n) is 9.15. The molecule has 1 unspecified atom stereocenters. The lowest BCUT2D eigenvalue weighted by molar-refractivity contribution is 0.0264. The summed E-state index contributed by atoms with van der Waals surface area (Å²) in [5.74, 6) is -0.228. The number of carbonyl (C=O) groups excluding carboxylic acids is 1. The number of ether oxygens (including phenoxy) is 1. The van der Waals surface area contributed by atoms with Gasteiger partial charge in [0.25, 0.3) is 5.91 Å². The van der Waals surface area contributed by atoms with Gasteiger partial charge in [0, 0.05) is 31.3 Å². The minimum absolute atomic E-state index is 0.200. The van der Waals surface area contributed by atoms with Crippen molar-refractivity contribution in [1.29, 1.82) is 0 Å². The fourth-order valence-corrected chi connectivity index (χ4v) is 1.99. The van der Waals surface area contributed by atoms with Gasteiger partial charge in [0.15, 0.2) is 0 Å². The molecule has 1 aliphatic heterocycles. The van der Waals surface area contributed by atoms with E-state index in [-0.39, 0.29) is 19.1 Å². The average Bonchev–Trinajstić information content (AvgIpc) is 2.74. The van der Waals surface area contributed by atoms with Crippen LogP contribution in [0.5, 0.6) is 0 Å². The number of rotatable bonds is 3. The second-order valence-corrected chi connectivity index (χ2v) is 4.89. The summed E-state index contributed by atoms with van der Waals surface area (Å²) < 4.78 is 5.70. The van der Waals surface area contributed by atoms with Gasteiger partial charge in [0.1, 0.15) is 10.2 Å². The molecule has 1 fully saturated rings. The average molecular weight is 301 g/mol. The predicted molar refractivity (Wildman–Crippen MR) is 64.7 cm³/mol. The van der Waals surface area contributed by atoms with Crippen molar-refractivity contribution in [3.63, 3.8) is 0 Å². The van der Waals surface area contributed by atoms with Crippen LogP contribution in [-0.2, 0) is 4.74 Å². The van der Waals surface area contributed by atoms with E-state index in [2.05, 4.69) is 26.2 Å². The molecule has 0 saturated carbocycles. The van der Waals surface area contributed by atoms with Gasteiger partial charge in [-0.3, -0.25) is 4.79 Å². The maximum atomic E-state index is 11.8. The van der Waals surface area contributed by atoms with Crippen LogP contribution in [0.1, 0.15) is 16.8 Å². The number of amides is 1. The molecule has 1 aliphatic rings. The third kappa shape index (κ3) is 3.24. The third-order valence-corrected chi connectivity index (χ3v) is 3.08. The van der Waals surface area contributed by atoms with Gasteiger partial charge >= 0.3 is 0 Å². The number of pyridine rings is 1. The number of nitrogens with zero attached hydrogens (tertiary/aromatic N) is 1. The van der Waals surface area contributed by atoms with Crippen molar-refractivity contribution < 1.29 is 14.6 Å². The van der Waals surface area contributed by atoms with Gasteiger partial charge in [-0.05, 0) is 28.1 Å². The van der Waals surface area contributed by atoms with E-state index in [9.17, 15) is 9.90 Å². The lowest BCUT2D eigenvalue weighted by Gasteiger charge is -2.20. The third-order valence-electron chi connectivity index (χ3n) is 2.65. The summed E-state index contributed by atoms with van der Waals surface area (Å²) in [6, 6.07) is 3.25. The maximum Gasteiger partial charge on any atom is 0.251 e. The number of nitrogens with one attached hydrogen (secondary N) is 1. The lowest BCUT2D eigenvalue weighted by Crippen LogP contribution is -2.43. The first-order valence-corrected chi connectivity index (χ1v) is 6.08. The van der Waals surface area contributed by atoms with E-state index in [0.717, 1.165) is 0 Å². The molecule has 2 N–H and O–H groups in total. The van der Waals surface area contributed by atoms with Gasteiger partial charge in [-0.1, -0.05) is 0 Å². The van der Waals surface area contributed by atoms with Crippen LogP contribution in [0.15, 0.2) is 22.9 Å². The molecular weight excluding hydrogens is 288 g/mol. The second-order valence-electron chi connectivity index (χ2n) is 4.08. The first-order valence-electron chi connectivity index (χ1n) is 5.29. The highest BCUT2D eigenvalue weighted by atomic mass is 79.9. The Morgan fingerprint density at radius 1 is 1.71 bits per heavy atom. The van der Waals surface area contributed by atoms with Crippen molar-refractivity contribution in [1.82, 2.24) is 10.3 Å². The number of hydrogen-bond donors (Lipinski definition) is 2. The highest BCUT2D eigenvalue weighted by Gasteiger charge is 2.32. The van der Waals surface area contributed by atoms with Crippen LogP contribution in [0.3, 0.4) is 0 Å². The molecule has 5 nitrogen and oxygen atoms in total. The van der Waals surface area contributed by atoms with Gasteiger partial charge in [-0.15, -0.1) is 0 Å². The minimum Gasteiger partial charge on any atom is -0.386 e. The van der Waals surface area contributed by atoms with E-state index < -0.39 is 5.60 Å². The Balaban J connectivity index is 1.93. The van der Waals surface area contributed by atoms with E-state index in [1.54, 1.807) is 18.3 Å². The first-order chi connectivity index (χ1) is 8.09. The number of aliphatic hydroxyl groups is 1. The Labute approximate surface area is 107 Å². The first kappa shape index (κ1) is 12.5. The zero-order chi connectivity index (χ0) is 12.3. The zero-order valence-corrected chi connectivity index (χ0v) is 10.7. The van der Waals surface area contributed by atoms with Crippen molar-refractivity contribution in [3.8, 4) is 0 Å². The number of carbonyl (C=O) groups is 1. The van der Waals surface area contributed by atoms with Crippen molar-refractivity contribution in [3.05, 3.63) is 28.5 Å². The fourth-order valence-electron chi connectivity index (χ4n) is 1.63. The predicted octanol–water partition coefficient (Wildman–Crippen LogP) is 0.725. The molecular formula is C11H13BrN2O3. The molecule has 6 heteroatoms. The van der Waals surface area contributed by atoms with Gasteiger partial charge in [0.2, 0.25) is 0 Å². The van der Waals surface area contributed by atoms with E-state index in [0.29, 0.717) is 23.2 Å². The Kier molecular flexibility index (Phi) is 3.76. The minimum atomic E-state index is -0.931. The molecule has 1 aromatic rings. The largest absolute Gasteiger partial charge is 0.386 e. The number of aromatic nitrogens is 1. The van der Waals surface area contributed by atoms with Crippen molar-refractivity contribution in [2.24, 2.45) is 0 Å². The summed E-state index contributed by atoms with van der Waals surface area (Å²) >= 11 is 3.20. The maximum absolute atomic E-state index is 11.8. The Bertz CT molecular complexity index is 419. The van der Waals surface area contributed by atoms with E-state index in [1.807, 2.05) is 0 Å². The van der Waals surface area contributed by atoms with Crippen LogP contribution in [0, 0.1) is 0 Å². The van der Waals surface area contributed by atoms with Crippen molar-refractivity contribution in [2.75, 3.05) is 19.8 Å². The fraction of sp³-hybridized carbons (Fsp3) is 0.455. The standard InChI is InChI=1S/C11H13BrN2O3/c12-9-5-8(1-3-13-9)10(15)14-6-11(16)2-4-17-7-11/h1,3,5,16H,2,4,6-7H2,(H,14,15). The number of halogens is 1. The molecule has 0 aromatic carbocycles. The topological polar surface area (TPSA) is 71.5 Å². The Morgan fingerprint density at radius 2 is 2.53 bits per heavy atom. The molecule has 92 valence electrons. The summed E-state index contributed by atoms with van der Waals surface area (Å²) in [4.78, 5) is 15.7. The van der Waals surface area contributed by atoms with Crippen LogP contribution in [0.2, 0.25) is 0 Å². The van der Waals surface area contributed by atoms with Crippen molar-refractivity contribution >= 4 is 21.8 Å². The highest BCUT2D eigenvalue weighted by Crippen LogP contribution is 2.17. The van der Waals surface area contributed by atoms with Gasteiger partial charge < -0.3 is 15.2 Å². The molecule has 0 bridgehead atoms. The van der Waals surface area contributed by atoms with E-state index >= 15 is 0 Å².